The molecule has 0 aliphatic rings. The first-order chi connectivity index (χ1) is 17.3. The number of para-hydroxylation sites is 1. The lowest BCUT2D eigenvalue weighted by Gasteiger charge is -2.26. The van der Waals surface area contributed by atoms with Gasteiger partial charge in [-0.3, -0.25) is 13.9 Å². The van der Waals surface area contributed by atoms with Crippen LogP contribution >= 0.6 is 0 Å². The first kappa shape index (κ1) is 26.3. The summed E-state index contributed by atoms with van der Waals surface area (Å²) in [7, 11) is -1.34. The number of ether oxygens (including phenoxy) is 2. The van der Waals surface area contributed by atoms with Gasteiger partial charge in [0.1, 0.15) is 18.0 Å². The molecule has 0 saturated carbocycles. The van der Waals surface area contributed by atoms with E-state index in [-0.39, 0.29) is 34.1 Å². The number of amides is 2. The summed E-state index contributed by atoms with van der Waals surface area (Å²) < 4.78 is 38.9. The minimum absolute atomic E-state index is 0.00752. The van der Waals surface area contributed by atoms with Crippen molar-refractivity contribution in [2.75, 3.05) is 36.9 Å². The van der Waals surface area contributed by atoms with Gasteiger partial charge >= 0.3 is 0 Å². The lowest BCUT2D eigenvalue weighted by molar-refractivity contribution is -0.114. The zero-order valence-corrected chi connectivity index (χ0v) is 20.7. The first-order valence-corrected chi connectivity index (χ1v) is 12.3. The van der Waals surface area contributed by atoms with Crippen LogP contribution in [0.2, 0.25) is 0 Å². The Morgan fingerprint density at radius 3 is 2.33 bits per heavy atom. The van der Waals surface area contributed by atoms with Crippen molar-refractivity contribution in [3.63, 3.8) is 0 Å². The molecule has 9 nitrogen and oxygen atoms in total. The van der Waals surface area contributed by atoms with E-state index >= 15 is 0 Å². The van der Waals surface area contributed by atoms with Crippen LogP contribution in [0.1, 0.15) is 10.4 Å². The fourth-order valence-electron chi connectivity index (χ4n) is 3.38. The second kappa shape index (κ2) is 11.9. The number of rotatable bonds is 11. The number of hydrogen-bond acceptors (Lipinski definition) is 6. The third-order valence-electron chi connectivity index (χ3n) is 5.13. The molecule has 188 valence electrons. The maximum atomic E-state index is 13.7. The topological polar surface area (TPSA) is 114 Å². The SMILES string of the molecule is C=CCNC(=O)c1ccccc1NC(=O)CN(c1cc(OC)ccc1OC)S(=O)(=O)c1ccccc1. The molecule has 0 unspecified atom stereocenters. The summed E-state index contributed by atoms with van der Waals surface area (Å²) in [6.45, 7) is 3.22. The molecule has 3 rings (SSSR count). The summed E-state index contributed by atoms with van der Waals surface area (Å²) in [5.41, 5.74) is 0.579. The molecule has 10 heteroatoms. The van der Waals surface area contributed by atoms with Crippen molar-refractivity contribution in [3.05, 3.63) is 91.0 Å². The van der Waals surface area contributed by atoms with Crippen LogP contribution in [-0.4, -0.2) is 47.5 Å². The Labute approximate surface area is 210 Å². The van der Waals surface area contributed by atoms with Gasteiger partial charge in [-0.15, -0.1) is 6.58 Å². The van der Waals surface area contributed by atoms with Crippen LogP contribution in [-0.2, 0) is 14.8 Å². The number of benzene rings is 3. The Balaban J connectivity index is 2.01. The Kier molecular flexibility index (Phi) is 8.69. The van der Waals surface area contributed by atoms with E-state index in [0.29, 0.717) is 5.75 Å². The van der Waals surface area contributed by atoms with E-state index in [1.807, 2.05) is 0 Å². The van der Waals surface area contributed by atoms with E-state index in [4.69, 9.17) is 9.47 Å². The lowest BCUT2D eigenvalue weighted by Crippen LogP contribution is -2.38. The molecule has 0 spiro atoms. The molecule has 3 aromatic rings. The minimum atomic E-state index is -4.19. The molecule has 0 bridgehead atoms. The average Bonchev–Trinajstić information content (AvgIpc) is 2.90. The smallest absolute Gasteiger partial charge is 0.264 e. The summed E-state index contributed by atoms with van der Waals surface area (Å²) in [5.74, 6) is -0.464. The number of carbonyl (C=O) groups excluding carboxylic acids is 2. The molecular weight excluding hydrogens is 482 g/mol. The van der Waals surface area contributed by atoms with E-state index < -0.39 is 28.4 Å². The second-order valence-corrected chi connectivity index (χ2v) is 9.32. The van der Waals surface area contributed by atoms with Crippen LogP contribution in [0.15, 0.2) is 90.3 Å². The molecule has 36 heavy (non-hydrogen) atoms. The molecule has 0 fully saturated rings. The van der Waals surface area contributed by atoms with Gasteiger partial charge in [0.05, 0.1) is 36.1 Å². The summed E-state index contributed by atoms with van der Waals surface area (Å²) in [6, 6.07) is 18.8. The summed E-state index contributed by atoms with van der Waals surface area (Å²) in [4.78, 5) is 25.7. The zero-order chi connectivity index (χ0) is 26.1. The van der Waals surface area contributed by atoms with Crippen LogP contribution in [0.4, 0.5) is 11.4 Å². The molecule has 2 N–H and O–H groups in total. The van der Waals surface area contributed by atoms with Gasteiger partial charge in [0, 0.05) is 12.6 Å². The molecule has 0 aromatic heterocycles. The third kappa shape index (κ3) is 6.02. The molecule has 2 amide bonds. The predicted molar refractivity (Wildman–Crippen MR) is 138 cm³/mol. The molecule has 0 radical (unpaired) electrons. The number of nitrogens with zero attached hydrogens (tertiary/aromatic N) is 1. The summed E-state index contributed by atoms with van der Waals surface area (Å²) in [6.07, 6.45) is 1.53. The van der Waals surface area contributed by atoms with Crippen molar-refractivity contribution in [1.82, 2.24) is 5.32 Å². The van der Waals surface area contributed by atoms with E-state index in [0.717, 1.165) is 4.31 Å². The van der Waals surface area contributed by atoms with Gasteiger partial charge in [0.2, 0.25) is 5.91 Å². The maximum absolute atomic E-state index is 13.7. The van der Waals surface area contributed by atoms with Crippen molar-refractivity contribution in [2.24, 2.45) is 0 Å². The van der Waals surface area contributed by atoms with Crippen LogP contribution in [0, 0.1) is 0 Å². The van der Waals surface area contributed by atoms with E-state index in [9.17, 15) is 18.0 Å². The molecular formula is C26H27N3O6S. The van der Waals surface area contributed by atoms with Crippen molar-refractivity contribution in [3.8, 4) is 11.5 Å². The molecule has 0 aliphatic heterocycles. The van der Waals surface area contributed by atoms with E-state index in [1.54, 1.807) is 54.6 Å². The third-order valence-corrected chi connectivity index (χ3v) is 6.90. The van der Waals surface area contributed by atoms with Gasteiger partial charge in [0.15, 0.2) is 0 Å². The van der Waals surface area contributed by atoms with Crippen molar-refractivity contribution in [2.45, 2.75) is 4.90 Å². The number of methoxy groups -OCH3 is 2. The monoisotopic (exact) mass is 509 g/mol. The first-order valence-electron chi connectivity index (χ1n) is 10.9. The fraction of sp³-hybridized carbons (Fsp3) is 0.154. The van der Waals surface area contributed by atoms with Crippen molar-refractivity contribution >= 4 is 33.2 Å². The molecule has 0 aliphatic carbocycles. The molecule has 0 saturated heterocycles. The number of carbonyl (C=O) groups is 2. The lowest BCUT2D eigenvalue weighted by atomic mass is 10.1. The van der Waals surface area contributed by atoms with Crippen LogP contribution in [0.3, 0.4) is 0 Å². The van der Waals surface area contributed by atoms with Crippen LogP contribution < -0.4 is 24.4 Å². The summed E-state index contributed by atoms with van der Waals surface area (Å²) in [5, 5.41) is 5.31. The Morgan fingerprint density at radius 1 is 0.972 bits per heavy atom. The van der Waals surface area contributed by atoms with Gasteiger partial charge in [-0.2, -0.15) is 0 Å². The Morgan fingerprint density at radius 2 is 1.67 bits per heavy atom. The van der Waals surface area contributed by atoms with Gasteiger partial charge < -0.3 is 20.1 Å². The quantitative estimate of drug-likeness (QED) is 0.383. The van der Waals surface area contributed by atoms with Crippen molar-refractivity contribution < 1.29 is 27.5 Å². The standard InChI is InChI=1S/C26H27N3O6S/c1-4-16-27-26(31)21-12-8-9-13-22(21)28-25(30)18-29(36(32,33)20-10-6-5-7-11-20)23-17-19(34-2)14-15-24(23)35-3/h4-15,17H,1,16,18H2,2-3H3,(H,27,31)(H,28,30). The van der Waals surface area contributed by atoms with Gasteiger partial charge in [-0.25, -0.2) is 8.42 Å². The van der Waals surface area contributed by atoms with E-state index in [1.165, 1.54) is 38.5 Å². The highest BCUT2D eigenvalue weighted by atomic mass is 32.2. The number of nitrogens with one attached hydrogen (secondary N) is 2. The molecule has 0 atom stereocenters. The van der Waals surface area contributed by atoms with Crippen LogP contribution in [0.25, 0.3) is 0 Å². The van der Waals surface area contributed by atoms with Gasteiger partial charge in [0.25, 0.3) is 15.9 Å². The van der Waals surface area contributed by atoms with Crippen LogP contribution in [0.5, 0.6) is 11.5 Å². The largest absolute Gasteiger partial charge is 0.497 e. The van der Waals surface area contributed by atoms with E-state index in [2.05, 4.69) is 17.2 Å². The highest BCUT2D eigenvalue weighted by Crippen LogP contribution is 2.35. The minimum Gasteiger partial charge on any atom is -0.497 e. The van der Waals surface area contributed by atoms with Gasteiger partial charge in [-0.05, 0) is 36.4 Å². The maximum Gasteiger partial charge on any atom is 0.264 e. The molecule has 0 heterocycles. The summed E-state index contributed by atoms with van der Waals surface area (Å²) >= 11 is 0. The Bertz CT molecular complexity index is 1340. The highest BCUT2D eigenvalue weighted by Gasteiger charge is 2.30. The number of anilines is 2. The zero-order valence-electron chi connectivity index (χ0n) is 19.9. The molecule has 3 aromatic carbocycles. The van der Waals surface area contributed by atoms with Gasteiger partial charge in [-0.1, -0.05) is 36.4 Å². The highest BCUT2D eigenvalue weighted by molar-refractivity contribution is 7.92. The van der Waals surface area contributed by atoms with Crippen molar-refractivity contribution in [1.29, 1.82) is 0 Å². The second-order valence-electron chi connectivity index (χ2n) is 7.45. The normalized spacial score (nSPS) is 10.7. The Hall–Kier alpha value is -4.31. The fourth-order valence-corrected chi connectivity index (χ4v) is 4.83. The average molecular weight is 510 g/mol. The number of hydrogen-bond donors (Lipinski definition) is 2. The number of sulfonamides is 1. The predicted octanol–water partition coefficient (Wildman–Crippen LogP) is 3.45.